The van der Waals surface area contributed by atoms with E-state index in [1.165, 1.54) is 11.3 Å². The van der Waals surface area contributed by atoms with Crippen molar-refractivity contribution in [1.82, 2.24) is 4.98 Å². The van der Waals surface area contributed by atoms with Gasteiger partial charge in [-0.05, 0) is 30.9 Å². The van der Waals surface area contributed by atoms with E-state index in [0.29, 0.717) is 10.6 Å². The molecule has 1 amide bonds. The number of carbonyl (C=O) groups excluding carboxylic acids is 2. The minimum Gasteiger partial charge on any atom is -0.397 e. The van der Waals surface area contributed by atoms with E-state index in [1.54, 1.807) is 0 Å². The fraction of sp³-hybridized carbons (Fsp3) is 0.500. The third-order valence-corrected chi connectivity index (χ3v) is 6.10. The van der Waals surface area contributed by atoms with E-state index < -0.39 is 5.91 Å². The van der Waals surface area contributed by atoms with Crippen LogP contribution >= 0.6 is 11.3 Å². The maximum Gasteiger partial charge on any atom is 0.260 e. The largest absolute Gasteiger partial charge is 0.397 e. The predicted octanol–water partition coefficient (Wildman–Crippen LogP) is 1.67. The smallest absolute Gasteiger partial charge is 0.260 e. The number of nitrogens with zero attached hydrogens (tertiary/aromatic N) is 2. The van der Waals surface area contributed by atoms with Crippen LogP contribution in [0.15, 0.2) is 6.07 Å². The lowest BCUT2D eigenvalue weighted by molar-refractivity contribution is -0.122. The van der Waals surface area contributed by atoms with Crippen LogP contribution in [0.1, 0.15) is 41.4 Å². The first-order chi connectivity index (χ1) is 12.5. The molecule has 8 heteroatoms. The predicted molar refractivity (Wildman–Crippen MR) is 106 cm³/mol. The number of piperidine rings is 1. The van der Waals surface area contributed by atoms with Crippen LogP contribution < -0.4 is 22.1 Å². The van der Waals surface area contributed by atoms with Crippen LogP contribution in [-0.4, -0.2) is 36.3 Å². The van der Waals surface area contributed by atoms with Gasteiger partial charge in [0.1, 0.15) is 21.3 Å². The van der Waals surface area contributed by atoms with E-state index >= 15 is 0 Å². The molecule has 0 radical (unpaired) electrons. The normalized spacial score (nSPS) is 15.5. The highest BCUT2D eigenvalue weighted by Crippen LogP contribution is 2.37. The first-order valence-corrected chi connectivity index (χ1v) is 9.77. The van der Waals surface area contributed by atoms with Gasteiger partial charge < -0.3 is 22.1 Å². The molecular weight excluding hydrogens is 350 g/mol. The number of aryl methyl sites for hydroxylation is 1. The molecule has 0 atom stereocenters. The lowest BCUT2D eigenvalue weighted by atomic mass is 9.92. The summed E-state index contributed by atoms with van der Waals surface area (Å²) in [6, 6.07) is 2.06. The van der Waals surface area contributed by atoms with Gasteiger partial charge >= 0.3 is 0 Å². The Labute approximate surface area is 156 Å². The van der Waals surface area contributed by atoms with Crippen LogP contribution in [-0.2, 0) is 11.2 Å². The summed E-state index contributed by atoms with van der Waals surface area (Å²) in [5, 5.41) is 0.850. The van der Waals surface area contributed by atoms with Gasteiger partial charge in [-0.25, -0.2) is 4.98 Å². The number of Topliss-reactive ketones (excluding diaryl/α,β-unsaturated/α-hetero) is 1. The Morgan fingerprint density at radius 3 is 2.62 bits per heavy atom. The van der Waals surface area contributed by atoms with Crippen LogP contribution in [0.2, 0.25) is 0 Å². The van der Waals surface area contributed by atoms with Crippen molar-refractivity contribution in [3.05, 3.63) is 16.5 Å². The number of fused-ring (bicyclic) bond motifs is 1. The topological polar surface area (TPSA) is 128 Å². The second-order valence-electron chi connectivity index (χ2n) is 6.71. The summed E-state index contributed by atoms with van der Waals surface area (Å²) in [6.07, 6.45) is 3.40. The molecule has 140 valence electrons. The molecule has 2 aromatic heterocycles. The fourth-order valence-corrected chi connectivity index (χ4v) is 4.58. The van der Waals surface area contributed by atoms with E-state index in [1.807, 2.05) is 0 Å². The molecule has 0 spiro atoms. The van der Waals surface area contributed by atoms with E-state index in [-0.39, 0.29) is 18.2 Å². The number of nitrogens with two attached hydrogens (primary N) is 3. The number of hydrogen-bond acceptors (Lipinski definition) is 7. The quantitative estimate of drug-likeness (QED) is 0.704. The molecule has 3 heterocycles. The van der Waals surface area contributed by atoms with Crippen LogP contribution in [0, 0.1) is 5.92 Å². The number of primary amides is 1. The van der Waals surface area contributed by atoms with Crippen molar-refractivity contribution < 1.29 is 9.59 Å². The van der Waals surface area contributed by atoms with Gasteiger partial charge in [0, 0.05) is 24.4 Å². The van der Waals surface area contributed by atoms with Gasteiger partial charge in [-0.15, -0.1) is 11.3 Å². The summed E-state index contributed by atoms with van der Waals surface area (Å²) < 4.78 is 0. The minimum atomic E-state index is -0.518. The number of amides is 1. The van der Waals surface area contributed by atoms with Crippen LogP contribution in [0.3, 0.4) is 0 Å². The zero-order valence-electron chi connectivity index (χ0n) is 15.0. The number of thiophene rings is 1. The standard InChI is InChI=1S/C18H25N5O2S/c1-2-3-11-8-13(23-6-4-10(5-7-23)12(24)9-19)22-18-14(11)15(20)16(26-18)17(21)25/h8,10H,2-7,9,19-20H2,1H3,(H2,21,25). The van der Waals surface area contributed by atoms with E-state index in [9.17, 15) is 9.59 Å². The number of anilines is 2. The van der Waals surface area contributed by atoms with Crippen molar-refractivity contribution in [2.75, 3.05) is 30.3 Å². The number of aromatic nitrogens is 1. The van der Waals surface area contributed by atoms with Crippen LogP contribution in [0.5, 0.6) is 0 Å². The van der Waals surface area contributed by atoms with Gasteiger partial charge in [0.15, 0.2) is 0 Å². The highest BCUT2D eigenvalue weighted by atomic mass is 32.1. The van der Waals surface area contributed by atoms with E-state index in [2.05, 4.69) is 17.9 Å². The maximum absolute atomic E-state index is 11.8. The molecule has 3 rings (SSSR count). The lowest BCUT2D eigenvalue weighted by Gasteiger charge is -2.32. The second-order valence-corrected chi connectivity index (χ2v) is 7.71. The summed E-state index contributed by atoms with van der Waals surface area (Å²) in [5.74, 6) is 0.540. The maximum atomic E-state index is 11.8. The molecule has 1 saturated heterocycles. The highest BCUT2D eigenvalue weighted by molar-refractivity contribution is 7.21. The Balaban J connectivity index is 1.95. The number of nitrogen functional groups attached to an aromatic ring is 1. The molecule has 0 unspecified atom stereocenters. The molecule has 0 saturated carbocycles. The number of pyridine rings is 1. The molecule has 7 nitrogen and oxygen atoms in total. The average molecular weight is 375 g/mol. The Morgan fingerprint density at radius 2 is 2.04 bits per heavy atom. The number of hydrogen-bond donors (Lipinski definition) is 3. The summed E-state index contributed by atoms with van der Waals surface area (Å²) in [4.78, 5) is 31.5. The zero-order chi connectivity index (χ0) is 18.8. The van der Waals surface area contributed by atoms with Crippen LogP contribution in [0.4, 0.5) is 11.5 Å². The third kappa shape index (κ3) is 3.39. The lowest BCUT2D eigenvalue weighted by Crippen LogP contribution is -2.38. The Kier molecular flexibility index (Phi) is 5.43. The molecule has 6 N–H and O–H groups in total. The third-order valence-electron chi connectivity index (χ3n) is 4.99. The van der Waals surface area contributed by atoms with Gasteiger partial charge in [0.25, 0.3) is 5.91 Å². The Morgan fingerprint density at radius 1 is 1.35 bits per heavy atom. The molecule has 26 heavy (non-hydrogen) atoms. The zero-order valence-corrected chi connectivity index (χ0v) is 15.8. The molecular formula is C18H25N5O2S. The van der Waals surface area contributed by atoms with Crippen molar-refractivity contribution in [1.29, 1.82) is 0 Å². The van der Waals surface area contributed by atoms with Crippen molar-refractivity contribution in [2.45, 2.75) is 32.6 Å². The highest BCUT2D eigenvalue weighted by Gasteiger charge is 2.26. The van der Waals surface area contributed by atoms with Crippen LogP contribution in [0.25, 0.3) is 10.2 Å². The molecule has 2 aromatic rings. The van der Waals surface area contributed by atoms with Gasteiger partial charge in [0.05, 0.1) is 12.2 Å². The van der Waals surface area contributed by atoms with E-state index in [4.69, 9.17) is 22.2 Å². The van der Waals surface area contributed by atoms with Crippen molar-refractivity contribution >= 4 is 44.7 Å². The minimum absolute atomic E-state index is 0.0499. The second kappa shape index (κ2) is 7.59. The first-order valence-electron chi connectivity index (χ1n) is 8.95. The first kappa shape index (κ1) is 18.6. The summed E-state index contributed by atoms with van der Waals surface area (Å²) in [7, 11) is 0. The molecule has 1 fully saturated rings. The Hall–Kier alpha value is -2.19. The van der Waals surface area contributed by atoms with Crippen molar-refractivity contribution in [2.24, 2.45) is 17.4 Å². The van der Waals surface area contributed by atoms with Gasteiger partial charge in [-0.2, -0.15) is 0 Å². The average Bonchev–Trinajstić information content (AvgIpc) is 2.98. The summed E-state index contributed by atoms with van der Waals surface area (Å²) in [6.45, 7) is 3.75. The summed E-state index contributed by atoms with van der Waals surface area (Å²) in [5.41, 5.74) is 18.6. The van der Waals surface area contributed by atoms with Gasteiger partial charge in [0.2, 0.25) is 0 Å². The van der Waals surface area contributed by atoms with Gasteiger partial charge in [-0.1, -0.05) is 13.3 Å². The summed E-state index contributed by atoms with van der Waals surface area (Å²) >= 11 is 1.25. The molecule has 1 aliphatic rings. The van der Waals surface area contributed by atoms with E-state index in [0.717, 1.165) is 60.4 Å². The molecule has 1 aliphatic heterocycles. The fourth-order valence-electron chi connectivity index (χ4n) is 3.59. The number of rotatable bonds is 6. The SMILES string of the molecule is CCCc1cc(N2CCC(C(=O)CN)CC2)nc2sc(C(N)=O)c(N)c12. The van der Waals surface area contributed by atoms with Crippen molar-refractivity contribution in [3.8, 4) is 0 Å². The van der Waals surface area contributed by atoms with Crippen molar-refractivity contribution in [3.63, 3.8) is 0 Å². The molecule has 0 bridgehead atoms. The molecule has 0 aliphatic carbocycles. The number of ketones is 1. The Bertz CT molecular complexity index is 840. The van der Waals surface area contributed by atoms with Gasteiger partial charge in [-0.3, -0.25) is 9.59 Å². The molecule has 0 aromatic carbocycles. The monoisotopic (exact) mass is 375 g/mol. The number of carbonyl (C=O) groups is 2.